The van der Waals surface area contributed by atoms with Crippen LogP contribution < -0.4 is 5.73 Å². The number of hydrogen-bond acceptors (Lipinski definition) is 3. The standard InChI is InChI=1S/C14H24N2O2/c1-13(2,15)10-16-11(17)9-14(12(16)18)7-5-3-4-6-8-14/h3-10,15H2,1-2H3. The third-order valence-corrected chi connectivity index (χ3v) is 4.12. The smallest absolute Gasteiger partial charge is 0.235 e. The Morgan fingerprint density at radius 1 is 1.17 bits per heavy atom. The maximum atomic E-state index is 12.6. The predicted octanol–water partition coefficient (Wildman–Crippen LogP) is 1.82. The first-order chi connectivity index (χ1) is 8.34. The zero-order valence-electron chi connectivity index (χ0n) is 11.5. The fraction of sp³-hybridized carbons (Fsp3) is 0.857. The molecule has 0 bridgehead atoms. The molecule has 2 rings (SSSR count). The number of nitrogens with two attached hydrogens (primary N) is 1. The van der Waals surface area contributed by atoms with Crippen molar-refractivity contribution in [3.63, 3.8) is 0 Å². The van der Waals surface area contributed by atoms with Gasteiger partial charge in [-0.2, -0.15) is 0 Å². The largest absolute Gasteiger partial charge is 0.324 e. The van der Waals surface area contributed by atoms with Gasteiger partial charge in [-0.15, -0.1) is 0 Å². The Kier molecular flexibility index (Phi) is 3.49. The molecule has 0 radical (unpaired) electrons. The highest BCUT2D eigenvalue weighted by molar-refractivity contribution is 6.06. The summed E-state index contributed by atoms with van der Waals surface area (Å²) < 4.78 is 0. The summed E-state index contributed by atoms with van der Waals surface area (Å²) in [6.45, 7) is 4.05. The molecule has 1 saturated carbocycles. The summed E-state index contributed by atoms with van der Waals surface area (Å²) in [5.41, 5.74) is 5.04. The molecule has 1 aliphatic heterocycles. The van der Waals surface area contributed by atoms with Gasteiger partial charge in [0.05, 0.1) is 5.41 Å². The van der Waals surface area contributed by atoms with E-state index in [-0.39, 0.29) is 11.8 Å². The average molecular weight is 252 g/mol. The summed E-state index contributed by atoms with van der Waals surface area (Å²) in [6, 6.07) is 0. The first kappa shape index (κ1) is 13.5. The summed E-state index contributed by atoms with van der Waals surface area (Å²) in [5, 5.41) is 0. The van der Waals surface area contributed by atoms with Crippen LogP contribution in [-0.2, 0) is 9.59 Å². The number of carbonyl (C=O) groups excluding carboxylic acids is 2. The molecule has 102 valence electrons. The van der Waals surface area contributed by atoms with E-state index >= 15 is 0 Å². The molecule has 1 heterocycles. The molecule has 0 aromatic rings. The third kappa shape index (κ3) is 2.58. The topological polar surface area (TPSA) is 63.4 Å². The minimum absolute atomic E-state index is 0.0274. The van der Waals surface area contributed by atoms with Crippen LogP contribution in [0.1, 0.15) is 58.8 Å². The maximum Gasteiger partial charge on any atom is 0.235 e. The zero-order valence-corrected chi connectivity index (χ0v) is 11.5. The van der Waals surface area contributed by atoms with E-state index in [9.17, 15) is 9.59 Å². The van der Waals surface area contributed by atoms with Crippen molar-refractivity contribution in [3.05, 3.63) is 0 Å². The number of likely N-dealkylation sites (tertiary alicyclic amines) is 1. The van der Waals surface area contributed by atoms with Crippen LogP contribution in [0.4, 0.5) is 0 Å². The Morgan fingerprint density at radius 3 is 2.22 bits per heavy atom. The highest BCUT2D eigenvalue weighted by Crippen LogP contribution is 2.44. The quantitative estimate of drug-likeness (QED) is 0.762. The van der Waals surface area contributed by atoms with Crippen LogP contribution in [0.3, 0.4) is 0 Å². The molecule has 1 aliphatic carbocycles. The van der Waals surface area contributed by atoms with Crippen LogP contribution >= 0.6 is 0 Å². The first-order valence-electron chi connectivity index (χ1n) is 6.98. The van der Waals surface area contributed by atoms with Crippen LogP contribution in [0.15, 0.2) is 0 Å². The lowest BCUT2D eigenvalue weighted by molar-refractivity contribution is -0.142. The summed E-state index contributed by atoms with van der Waals surface area (Å²) in [6.07, 6.45) is 6.66. The second-order valence-electron chi connectivity index (χ2n) is 6.64. The maximum absolute atomic E-state index is 12.6. The Bertz CT molecular complexity index is 349. The fourth-order valence-electron chi connectivity index (χ4n) is 3.22. The van der Waals surface area contributed by atoms with Gasteiger partial charge in [-0.1, -0.05) is 25.7 Å². The van der Waals surface area contributed by atoms with Crippen LogP contribution in [-0.4, -0.2) is 28.8 Å². The molecule has 1 spiro atoms. The lowest BCUT2D eigenvalue weighted by atomic mass is 9.79. The van der Waals surface area contributed by atoms with E-state index in [0.29, 0.717) is 13.0 Å². The van der Waals surface area contributed by atoms with Gasteiger partial charge in [-0.25, -0.2) is 0 Å². The van der Waals surface area contributed by atoms with Gasteiger partial charge >= 0.3 is 0 Å². The highest BCUT2D eigenvalue weighted by atomic mass is 16.2. The first-order valence-corrected chi connectivity index (χ1v) is 6.98. The summed E-state index contributed by atoms with van der Waals surface area (Å²) >= 11 is 0. The SMILES string of the molecule is CC(C)(N)CN1C(=O)CC2(CCCCCC2)C1=O. The number of rotatable bonds is 2. The van der Waals surface area contributed by atoms with Crippen molar-refractivity contribution in [2.24, 2.45) is 11.1 Å². The molecule has 4 heteroatoms. The van der Waals surface area contributed by atoms with E-state index in [1.54, 1.807) is 0 Å². The van der Waals surface area contributed by atoms with Gasteiger partial charge in [-0.3, -0.25) is 14.5 Å². The monoisotopic (exact) mass is 252 g/mol. The third-order valence-electron chi connectivity index (χ3n) is 4.12. The number of carbonyl (C=O) groups is 2. The molecule has 18 heavy (non-hydrogen) atoms. The van der Waals surface area contributed by atoms with Crippen molar-refractivity contribution in [1.82, 2.24) is 4.90 Å². The van der Waals surface area contributed by atoms with E-state index in [4.69, 9.17) is 5.73 Å². The molecule has 0 unspecified atom stereocenters. The summed E-state index contributed by atoms with van der Waals surface area (Å²) in [5.74, 6) is 0.00773. The molecular formula is C14H24N2O2. The predicted molar refractivity (Wildman–Crippen MR) is 69.7 cm³/mol. The minimum Gasteiger partial charge on any atom is -0.324 e. The van der Waals surface area contributed by atoms with E-state index < -0.39 is 11.0 Å². The van der Waals surface area contributed by atoms with E-state index in [1.807, 2.05) is 13.8 Å². The fourth-order valence-corrected chi connectivity index (χ4v) is 3.22. The van der Waals surface area contributed by atoms with Gasteiger partial charge in [0, 0.05) is 18.5 Å². The van der Waals surface area contributed by atoms with Crippen LogP contribution in [0.2, 0.25) is 0 Å². The van der Waals surface area contributed by atoms with E-state index in [1.165, 1.54) is 17.7 Å². The van der Waals surface area contributed by atoms with Gasteiger partial charge < -0.3 is 5.73 Å². The lowest BCUT2D eigenvalue weighted by Crippen LogP contribution is -2.48. The van der Waals surface area contributed by atoms with Crippen LogP contribution in [0.25, 0.3) is 0 Å². The van der Waals surface area contributed by atoms with Gasteiger partial charge in [0.1, 0.15) is 0 Å². The molecular weight excluding hydrogens is 228 g/mol. The number of hydrogen-bond donors (Lipinski definition) is 1. The minimum atomic E-state index is -0.512. The second kappa shape index (κ2) is 4.65. The van der Waals surface area contributed by atoms with Gasteiger partial charge in [0.25, 0.3) is 0 Å². The van der Waals surface area contributed by atoms with Crippen LogP contribution in [0.5, 0.6) is 0 Å². The molecule has 0 aromatic heterocycles. The van der Waals surface area contributed by atoms with E-state index in [0.717, 1.165) is 25.7 Å². The highest BCUT2D eigenvalue weighted by Gasteiger charge is 2.51. The second-order valence-corrected chi connectivity index (χ2v) is 6.64. The summed E-state index contributed by atoms with van der Waals surface area (Å²) in [7, 11) is 0. The van der Waals surface area contributed by atoms with Gasteiger partial charge in [-0.05, 0) is 26.7 Å². The summed E-state index contributed by atoms with van der Waals surface area (Å²) in [4.78, 5) is 26.1. The molecule has 0 atom stereocenters. The molecule has 4 nitrogen and oxygen atoms in total. The molecule has 2 aliphatic rings. The number of nitrogens with zero attached hydrogens (tertiary/aromatic N) is 1. The molecule has 2 amide bonds. The molecule has 0 aromatic carbocycles. The number of imide groups is 1. The van der Waals surface area contributed by atoms with Crippen molar-refractivity contribution in [1.29, 1.82) is 0 Å². The van der Waals surface area contributed by atoms with Crippen molar-refractivity contribution < 1.29 is 9.59 Å². The van der Waals surface area contributed by atoms with Crippen molar-refractivity contribution in [3.8, 4) is 0 Å². The lowest BCUT2D eigenvalue weighted by Gasteiger charge is -2.28. The van der Waals surface area contributed by atoms with Crippen molar-refractivity contribution in [2.45, 2.75) is 64.3 Å². The Hall–Kier alpha value is -0.900. The van der Waals surface area contributed by atoms with Crippen LogP contribution in [0, 0.1) is 5.41 Å². The molecule has 2 N–H and O–H groups in total. The molecule has 1 saturated heterocycles. The average Bonchev–Trinajstić information content (AvgIpc) is 2.47. The Labute approximate surface area is 109 Å². The van der Waals surface area contributed by atoms with Gasteiger partial charge in [0.15, 0.2) is 0 Å². The van der Waals surface area contributed by atoms with E-state index in [2.05, 4.69) is 0 Å². The number of amides is 2. The van der Waals surface area contributed by atoms with Crippen molar-refractivity contribution >= 4 is 11.8 Å². The molecule has 2 fully saturated rings. The normalized spacial score (nSPS) is 24.7. The Morgan fingerprint density at radius 2 is 1.72 bits per heavy atom. The zero-order chi connectivity index (χ0) is 13.4. The van der Waals surface area contributed by atoms with Gasteiger partial charge in [0.2, 0.25) is 11.8 Å². The van der Waals surface area contributed by atoms with Crippen molar-refractivity contribution in [2.75, 3.05) is 6.54 Å². The Balaban J connectivity index is 2.17.